The number of aryl methyl sites for hydroxylation is 1. The molecule has 1 heterocycles. The van der Waals surface area contributed by atoms with E-state index in [-0.39, 0.29) is 5.82 Å². The molecule has 2 nitrogen and oxygen atoms in total. The summed E-state index contributed by atoms with van der Waals surface area (Å²) in [6.45, 7) is 3.55. The average molecular weight is 232 g/mol. The number of halogens is 1. The first-order valence-corrected chi connectivity index (χ1v) is 5.74. The van der Waals surface area contributed by atoms with Crippen molar-refractivity contribution < 1.29 is 4.39 Å². The van der Waals surface area contributed by atoms with E-state index in [9.17, 15) is 4.39 Å². The molecule has 1 N–H and O–H groups in total. The summed E-state index contributed by atoms with van der Waals surface area (Å²) in [5.41, 5.74) is 3.35. The molecule has 0 radical (unpaired) electrons. The van der Waals surface area contributed by atoms with E-state index in [1.54, 1.807) is 6.07 Å². The summed E-state index contributed by atoms with van der Waals surface area (Å²) >= 11 is 0. The molecule has 2 aromatic rings. The van der Waals surface area contributed by atoms with Gasteiger partial charge < -0.3 is 9.88 Å². The number of nitrogens with zero attached hydrogens (tertiary/aromatic N) is 1. The minimum absolute atomic E-state index is 0.173. The van der Waals surface area contributed by atoms with Gasteiger partial charge in [-0.3, -0.25) is 0 Å². The van der Waals surface area contributed by atoms with Crippen molar-refractivity contribution in [3.8, 4) is 0 Å². The normalized spacial score (nSPS) is 10.8. The molecule has 0 atom stereocenters. The molecule has 0 bridgehead atoms. The number of hydrogen-bond donors (Lipinski definition) is 1. The van der Waals surface area contributed by atoms with E-state index >= 15 is 0 Å². The maximum absolute atomic E-state index is 13.2. The smallest absolute Gasteiger partial charge is 0.123 e. The van der Waals surface area contributed by atoms with Crippen molar-refractivity contribution in [2.45, 2.75) is 20.0 Å². The molecule has 1 aromatic carbocycles. The largest absolute Gasteiger partial charge is 0.346 e. The number of hydrogen-bond acceptors (Lipinski definition) is 1. The zero-order chi connectivity index (χ0) is 12.3. The number of nitrogens with one attached hydrogen (secondary N) is 1. The van der Waals surface area contributed by atoms with Gasteiger partial charge in [0.25, 0.3) is 0 Å². The predicted octanol–water partition coefficient (Wildman–Crippen LogP) is 2.70. The Balaban J connectivity index is 2.25. The van der Waals surface area contributed by atoms with Crippen LogP contribution in [0.2, 0.25) is 0 Å². The van der Waals surface area contributed by atoms with Crippen molar-refractivity contribution in [1.29, 1.82) is 0 Å². The molecule has 0 fully saturated rings. The highest BCUT2D eigenvalue weighted by Crippen LogP contribution is 2.13. The Kier molecular flexibility index (Phi) is 3.59. The van der Waals surface area contributed by atoms with Gasteiger partial charge in [-0.25, -0.2) is 4.39 Å². The molecule has 0 aliphatic heterocycles. The summed E-state index contributed by atoms with van der Waals surface area (Å²) in [7, 11) is 1.92. The van der Waals surface area contributed by atoms with Gasteiger partial charge >= 0.3 is 0 Å². The monoisotopic (exact) mass is 232 g/mol. The first kappa shape index (κ1) is 11.9. The summed E-state index contributed by atoms with van der Waals surface area (Å²) in [6.07, 6.45) is 2.02. The molecular formula is C14H17FN2. The fraction of sp³-hybridized carbons (Fsp3) is 0.286. The molecule has 90 valence electrons. The molecule has 17 heavy (non-hydrogen) atoms. The van der Waals surface area contributed by atoms with Gasteiger partial charge in [0.15, 0.2) is 0 Å². The third-order valence-electron chi connectivity index (χ3n) is 2.93. The number of rotatable bonds is 4. The van der Waals surface area contributed by atoms with Gasteiger partial charge in [0.1, 0.15) is 5.82 Å². The zero-order valence-corrected chi connectivity index (χ0v) is 10.2. The van der Waals surface area contributed by atoms with Crippen LogP contribution in [0.5, 0.6) is 0 Å². The molecule has 1 aromatic heterocycles. The van der Waals surface area contributed by atoms with Crippen LogP contribution in [0.3, 0.4) is 0 Å². The van der Waals surface area contributed by atoms with Crippen molar-refractivity contribution in [3.05, 3.63) is 59.2 Å². The third-order valence-corrected chi connectivity index (χ3v) is 2.93. The van der Waals surface area contributed by atoms with Crippen molar-refractivity contribution in [3.63, 3.8) is 0 Å². The molecule has 0 unspecified atom stereocenters. The van der Waals surface area contributed by atoms with Crippen LogP contribution in [0.1, 0.15) is 16.8 Å². The molecule has 0 saturated carbocycles. The average Bonchev–Trinajstić information content (AvgIpc) is 2.72. The van der Waals surface area contributed by atoms with E-state index in [0.29, 0.717) is 6.54 Å². The minimum Gasteiger partial charge on any atom is -0.346 e. The van der Waals surface area contributed by atoms with Crippen molar-refractivity contribution >= 4 is 0 Å². The topological polar surface area (TPSA) is 17.0 Å². The third kappa shape index (κ3) is 2.74. The number of benzene rings is 1. The van der Waals surface area contributed by atoms with Crippen LogP contribution in [-0.4, -0.2) is 11.6 Å². The van der Waals surface area contributed by atoms with E-state index in [2.05, 4.69) is 16.0 Å². The lowest BCUT2D eigenvalue weighted by molar-refractivity contribution is 0.620. The maximum Gasteiger partial charge on any atom is 0.123 e. The van der Waals surface area contributed by atoms with Crippen LogP contribution < -0.4 is 5.32 Å². The van der Waals surface area contributed by atoms with Crippen LogP contribution in [0.25, 0.3) is 0 Å². The van der Waals surface area contributed by atoms with Gasteiger partial charge in [0, 0.05) is 25.0 Å². The molecule has 0 aliphatic carbocycles. The quantitative estimate of drug-likeness (QED) is 0.857. The van der Waals surface area contributed by atoms with E-state index in [1.807, 2.05) is 32.3 Å². The van der Waals surface area contributed by atoms with Crippen LogP contribution in [0.4, 0.5) is 4.39 Å². The second kappa shape index (κ2) is 5.15. The Morgan fingerprint density at radius 2 is 2.12 bits per heavy atom. The van der Waals surface area contributed by atoms with Crippen molar-refractivity contribution in [2.24, 2.45) is 0 Å². The predicted molar refractivity (Wildman–Crippen MR) is 67.4 cm³/mol. The van der Waals surface area contributed by atoms with Crippen molar-refractivity contribution in [2.75, 3.05) is 7.05 Å². The summed E-state index contributed by atoms with van der Waals surface area (Å²) in [4.78, 5) is 0. The first-order valence-electron chi connectivity index (χ1n) is 5.74. The highest BCUT2D eigenvalue weighted by Gasteiger charge is 2.04. The molecule has 0 aliphatic rings. The fourth-order valence-corrected chi connectivity index (χ4v) is 1.94. The molecule has 0 saturated heterocycles. The Hall–Kier alpha value is -1.61. The molecular weight excluding hydrogens is 215 g/mol. The summed E-state index contributed by atoms with van der Waals surface area (Å²) in [6, 6.07) is 9.03. The van der Waals surface area contributed by atoms with Crippen LogP contribution >= 0.6 is 0 Å². The molecule has 0 amide bonds. The maximum atomic E-state index is 13.2. The van der Waals surface area contributed by atoms with Gasteiger partial charge in [-0.15, -0.1) is 0 Å². The fourth-order valence-electron chi connectivity index (χ4n) is 1.94. The first-order chi connectivity index (χ1) is 8.20. The van der Waals surface area contributed by atoms with Gasteiger partial charge in [-0.05, 0) is 49.4 Å². The van der Waals surface area contributed by atoms with Gasteiger partial charge in [-0.2, -0.15) is 0 Å². The van der Waals surface area contributed by atoms with E-state index in [0.717, 1.165) is 17.7 Å². The van der Waals surface area contributed by atoms with Gasteiger partial charge in [0.2, 0.25) is 0 Å². The molecule has 2 rings (SSSR count). The summed E-state index contributed by atoms with van der Waals surface area (Å²) in [5, 5.41) is 3.13. The SMILES string of the molecule is CNCc1cccn1Cc1cc(F)ccc1C. The van der Waals surface area contributed by atoms with Crippen LogP contribution in [0.15, 0.2) is 36.5 Å². The highest BCUT2D eigenvalue weighted by molar-refractivity contribution is 5.27. The Labute approximate surface area is 101 Å². The van der Waals surface area contributed by atoms with E-state index < -0.39 is 0 Å². The second-order valence-corrected chi connectivity index (χ2v) is 4.23. The van der Waals surface area contributed by atoms with E-state index in [4.69, 9.17) is 0 Å². The zero-order valence-electron chi connectivity index (χ0n) is 10.2. The summed E-state index contributed by atoms with van der Waals surface area (Å²) in [5.74, 6) is -0.173. The van der Waals surface area contributed by atoms with E-state index in [1.165, 1.54) is 11.8 Å². The Bertz CT molecular complexity index is 503. The highest BCUT2D eigenvalue weighted by atomic mass is 19.1. The van der Waals surface area contributed by atoms with Crippen molar-refractivity contribution in [1.82, 2.24) is 9.88 Å². The lowest BCUT2D eigenvalue weighted by Crippen LogP contribution is -2.11. The van der Waals surface area contributed by atoms with Gasteiger partial charge in [-0.1, -0.05) is 6.07 Å². The van der Waals surface area contributed by atoms with Crippen LogP contribution in [0, 0.1) is 12.7 Å². The minimum atomic E-state index is -0.173. The lowest BCUT2D eigenvalue weighted by atomic mass is 10.1. The van der Waals surface area contributed by atoms with Gasteiger partial charge in [0.05, 0.1) is 0 Å². The van der Waals surface area contributed by atoms with Crippen LogP contribution in [-0.2, 0) is 13.1 Å². The molecule has 3 heteroatoms. The lowest BCUT2D eigenvalue weighted by Gasteiger charge is -2.11. The molecule has 0 spiro atoms. The Morgan fingerprint density at radius 1 is 1.29 bits per heavy atom. The second-order valence-electron chi connectivity index (χ2n) is 4.23. The standard InChI is InChI=1S/C14H17FN2/c1-11-5-6-13(15)8-12(11)10-17-7-3-4-14(17)9-16-2/h3-8,16H,9-10H2,1-2H3. The Morgan fingerprint density at radius 3 is 2.88 bits per heavy atom. The summed E-state index contributed by atoms with van der Waals surface area (Å²) < 4.78 is 15.3. The number of aromatic nitrogens is 1.